The number of anilines is 2. The summed E-state index contributed by atoms with van der Waals surface area (Å²) in [6.07, 6.45) is 2.79. The molecule has 3 aromatic carbocycles. The Morgan fingerprint density at radius 2 is 1.80 bits per heavy atom. The molecular weight excluding hydrogens is 466 g/mol. The zero-order chi connectivity index (χ0) is 24.4. The van der Waals surface area contributed by atoms with Crippen LogP contribution in [0.5, 0.6) is 17.2 Å². The number of phenolic OH excluding ortho intramolecular Hbond substituents is 1. The third-order valence-electron chi connectivity index (χ3n) is 5.15. The number of carbonyl (C=O) groups is 1. The lowest BCUT2D eigenvalue weighted by molar-refractivity contribution is 0.103. The van der Waals surface area contributed by atoms with Gasteiger partial charge in [0, 0.05) is 23.1 Å². The number of halogens is 1. The van der Waals surface area contributed by atoms with Gasteiger partial charge in [0.2, 0.25) is 0 Å². The Morgan fingerprint density at radius 3 is 2.54 bits per heavy atom. The number of aromatic nitrogens is 3. The van der Waals surface area contributed by atoms with Crippen LogP contribution in [0, 0.1) is 11.3 Å². The normalized spacial score (nSPS) is 10.6. The summed E-state index contributed by atoms with van der Waals surface area (Å²) in [6.45, 7) is 0. The van der Waals surface area contributed by atoms with E-state index in [2.05, 4.69) is 21.5 Å². The van der Waals surface area contributed by atoms with Crippen molar-refractivity contribution in [2.45, 2.75) is 0 Å². The molecule has 5 aromatic rings. The number of aromatic hydroxyl groups is 1. The molecule has 0 saturated carbocycles. The first-order chi connectivity index (χ1) is 17.0. The van der Waals surface area contributed by atoms with Crippen molar-refractivity contribution in [1.29, 1.82) is 5.26 Å². The van der Waals surface area contributed by atoms with E-state index in [0.717, 1.165) is 5.75 Å². The Morgan fingerprint density at radius 1 is 1.06 bits per heavy atom. The monoisotopic (exact) mass is 481 g/mol. The number of benzene rings is 3. The van der Waals surface area contributed by atoms with Crippen molar-refractivity contribution >= 4 is 34.5 Å². The number of nitrogens with one attached hydrogen (secondary N) is 1. The lowest BCUT2D eigenvalue weighted by atomic mass is 10.1. The van der Waals surface area contributed by atoms with Gasteiger partial charge in [-0.05, 0) is 54.6 Å². The maximum atomic E-state index is 12.9. The minimum atomic E-state index is -0.475. The molecule has 5 rings (SSSR count). The first-order valence-electron chi connectivity index (χ1n) is 10.4. The highest BCUT2D eigenvalue weighted by molar-refractivity contribution is 6.31. The molecule has 0 spiro atoms. The first kappa shape index (κ1) is 21.9. The number of nitriles is 1. The Hall–Kier alpha value is -4.87. The molecule has 8 nitrogen and oxygen atoms in total. The quantitative estimate of drug-likeness (QED) is 0.298. The average Bonchev–Trinajstić information content (AvgIpc) is 3.23. The van der Waals surface area contributed by atoms with Crippen molar-refractivity contribution in [3.05, 3.63) is 107 Å². The smallest absolute Gasteiger partial charge is 0.199 e. The highest BCUT2D eigenvalue weighted by Crippen LogP contribution is 2.28. The van der Waals surface area contributed by atoms with Gasteiger partial charge in [0.1, 0.15) is 28.9 Å². The predicted molar refractivity (Wildman–Crippen MR) is 130 cm³/mol. The molecule has 0 aliphatic rings. The first-order valence-corrected chi connectivity index (χ1v) is 10.8. The van der Waals surface area contributed by atoms with Gasteiger partial charge in [-0.25, -0.2) is 9.50 Å². The molecule has 0 bridgehead atoms. The molecule has 170 valence electrons. The molecule has 2 heterocycles. The minimum Gasteiger partial charge on any atom is -0.507 e. The second kappa shape index (κ2) is 9.17. The lowest BCUT2D eigenvalue weighted by Crippen LogP contribution is -2.05. The molecule has 2 N–H and O–H groups in total. The summed E-state index contributed by atoms with van der Waals surface area (Å²) in [5, 5.41) is 27.6. The van der Waals surface area contributed by atoms with E-state index in [9.17, 15) is 15.2 Å². The second-order valence-electron chi connectivity index (χ2n) is 7.50. The van der Waals surface area contributed by atoms with Gasteiger partial charge in [-0.2, -0.15) is 5.26 Å². The number of ketones is 1. The Kier molecular flexibility index (Phi) is 5.75. The summed E-state index contributed by atoms with van der Waals surface area (Å²) < 4.78 is 7.15. The Balaban J connectivity index is 1.41. The summed E-state index contributed by atoms with van der Waals surface area (Å²) in [7, 11) is 0. The molecule has 35 heavy (non-hydrogen) atoms. The van der Waals surface area contributed by atoms with Crippen molar-refractivity contribution in [3.63, 3.8) is 0 Å². The zero-order valence-corrected chi connectivity index (χ0v) is 18.8. The number of nitrogens with zero attached hydrogens (tertiary/aromatic N) is 4. The van der Waals surface area contributed by atoms with Gasteiger partial charge in [0.05, 0.1) is 11.1 Å². The molecular formula is C26H16ClN5O3. The Bertz CT molecular complexity index is 1590. The van der Waals surface area contributed by atoms with Gasteiger partial charge in [-0.3, -0.25) is 4.79 Å². The van der Waals surface area contributed by atoms with Crippen LogP contribution in [0.15, 0.2) is 85.2 Å². The van der Waals surface area contributed by atoms with Crippen LogP contribution >= 0.6 is 11.6 Å². The van der Waals surface area contributed by atoms with Gasteiger partial charge < -0.3 is 15.2 Å². The number of ether oxygens (including phenoxy) is 1. The van der Waals surface area contributed by atoms with Gasteiger partial charge in [-0.1, -0.05) is 29.8 Å². The number of para-hydroxylation sites is 1. The van der Waals surface area contributed by atoms with E-state index in [0.29, 0.717) is 16.5 Å². The van der Waals surface area contributed by atoms with E-state index < -0.39 is 5.78 Å². The molecule has 9 heteroatoms. The van der Waals surface area contributed by atoms with Crippen LogP contribution in [0.25, 0.3) is 5.65 Å². The fourth-order valence-electron chi connectivity index (χ4n) is 3.46. The average molecular weight is 482 g/mol. The van der Waals surface area contributed by atoms with Crippen molar-refractivity contribution in [2.75, 3.05) is 5.32 Å². The molecule has 0 atom stereocenters. The van der Waals surface area contributed by atoms with Crippen molar-refractivity contribution in [1.82, 2.24) is 14.6 Å². The number of fused-ring (bicyclic) bond motifs is 1. The van der Waals surface area contributed by atoms with Gasteiger partial charge in [-0.15, -0.1) is 5.10 Å². The van der Waals surface area contributed by atoms with Crippen LogP contribution in [0.2, 0.25) is 5.02 Å². The summed E-state index contributed by atoms with van der Waals surface area (Å²) in [6, 6.07) is 22.9. The van der Waals surface area contributed by atoms with Crippen molar-refractivity contribution in [2.24, 2.45) is 0 Å². The molecule has 0 radical (unpaired) electrons. The molecule has 0 saturated heterocycles. The zero-order valence-electron chi connectivity index (χ0n) is 18.0. The highest BCUT2D eigenvalue weighted by Gasteiger charge is 2.19. The summed E-state index contributed by atoms with van der Waals surface area (Å²) >= 11 is 5.96. The number of hydrogen-bond donors (Lipinski definition) is 2. The van der Waals surface area contributed by atoms with Crippen LogP contribution in [-0.2, 0) is 0 Å². The van der Waals surface area contributed by atoms with E-state index in [4.69, 9.17) is 16.3 Å². The number of carbonyl (C=O) groups excluding carboxylic acids is 1. The SMILES string of the molecule is N#Cc1c(Nc2ccc(Oc3ccccc3)cc2)nn2cc(C(=O)c3cc(Cl)ccc3O)cnc12. The molecule has 0 aliphatic heterocycles. The maximum Gasteiger partial charge on any atom is 0.199 e. The predicted octanol–water partition coefficient (Wildman–Crippen LogP) is 5.73. The van der Waals surface area contributed by atoms with E-state index >= 15 is 0 Å². The number of rotatable bonds is 6. The third-order valence-corrected chi connectivity index (χ3v) is 5.38. The molecule has 2 aromatic heterocycles. The molecule has 0 aliphatic carbocycles. The van der Waals surface area contributed by atoms with Crippen LogP contribution in [0.3, 0.4) is 0 Å². The molecule has 0 fully saturated rings. The largest absolute Gasteiger partial charge is 0.507 e. The number of hydrogen-bond acceptors (Lipinski definition) is 7. The fraction of sp³-hybridized carbons (Fsp3) is 0. The number of phenols is 1. The van der Waals surface area contributed by atoms with Crippen molar-refractivity contribution in [3.8, 4) is 23.3 Å². The van der Waals surface area contributed by atoms with Gasteiger partial charge in [0.25, 0.3) is 0 Å². The molecule has 0 amide bonds. The van der Waals surface area contributed by atoms with Crippen molar-refractivity contribution < 1.29 is 14.6 Å². The van der Waals surface area contributed by atoms with Crippen LogP contribution in [0.1, 0.15) is 21.5 Å². The van der Waals surface area contributed by atoms with E-state index in [-0.39, 0.29) is 33.9 Å². The van der Waals surface area contributed by atoms with Gasteiger partial charge in [0.15, 0.2) is 17.2 Å². The summed E-state index contributed by atoms with van der Waals surface area (Å²) in [5.74, 6) is 0.998. The van der Waals surface area contributed by atoms with Crippen LogP contribution < -0.4 is 10.1 Å². The van der Waals surface area contributed by atoms with Crippen LogP contribution in [-0.4, -0.2) is 25.5 Å². The summed E-state index contributed by atoms with van der Waals surface area (Å²) in [5.41, 5.74) is 1.41. The van der Waals surface area contributed by atoms with E-state index in [1.165, 1.54) is 35.1 Å². The van der Waals surface area contributed by atoms with E-state index in [1.807, 2.05) is 30.3 Å². The highest BCUT2D eigenvalue weighted by atomic mass is 35.5. The topological polar surface area (TPSA) is 113 Å². The molecule has 0 unspecified atom stereocenters. The third kappa shape index (κ3) is 4.49. The Labute approximate surface area is 204 Å². The standard InChI is InChI=1S/C26H16ClN5O3/c27-17-6-11-23(33)21(12-17)24(34)16-14-29-26-22(13-28)25(31-32(26)15-16)30-18-7-9-20(10-8-18)35-19-4-2-1-3-5-19/h1-12,14-15,33H,(H,30,31). The fourth-order valence-corrected chi connectivity index (χ4v) is 3.63. The van der Waals surface area contributed by atoms with Gasteiger partial charge >= 0.3 is 0 Å². The minimum absolute atomic E-state index is 0.0440. The van der Waals surface area contributed by atoms with Crippen LogP contribution in [0.4, 0.5) is 11.5 Å². The summed E-state index contributed by atoms with van der Waals surface area (Å²) in [4.78, 5) is 17.1. The second-order valence-corrected chi connectivity index (χ2v) is 7.94. The lowest BCUT2D eigenvalue weighted by Gasteiger charge is -2.07. The maximum absolute atomic E-state index is 12.9. The van der Waals surface area contributed by atoms with E-state index in [1.54, 1.807) is 24.3 Å².